The Labute approximate surface area is 118 Å². The molecule has 0 heterocycles. The van der Waals surface area contributed by atoms with Crippen molar-refractivity contribution in [3.63, 3.8) is 0 Å². The average Bonchev–Trinajstić information content (AvgIpc) is 2.30. The summed E-state index contributed by atoms with van der Waals surface area (Å²) in [5, 5.41) is 1.14. The van der Waals surface area contributed by atoms with Gasteiger partial charge in [-0.05, 0) is 12.8 Å². The molecule has 0 bridgehead atoms. The molecule has 0 aromatic rings. The lowest BCUT2D eigenvalue weighted by molar-refractivity contribution is -0.890. The highest BCUT2D eigenvalue weighted by molar-refractivity contribution is 9.09. The van der Waals surface area contributed by atoms with Crippen molar-refractivity contribution in [2.45, 2.75) is 64.7 Å². The molecule has 0 amide bonds. The molecule has 0 aliphatic rings. The molecule has 1 nitrogen and oxygen atoms in total. The van der Waals surface area contributed by atoms with E-state index < -0.39 is 0 Å². The number of alkyl halides is 1. The van der Waals surface area contributed by atoms with Crippen LogP contribution in [0.4, 0.5) is 0 Å². The minimum absolute atomic E-state index is 1.14. The third kappa shape index (κ3) is 12.7. The molecular weight excluding hydrogens is 274 g/mol. The van der Waals surface area contributed by atoms with E-state index >= 15 is 0 Å². The van der Waals surface area contributed by atoms with Crippen molar-refractivity contribution in [2.24, 2.45) is 0 Å². The molecule has 17 heavy (non-hydrogen) atoms. The minimum Gasteiger partial charge on any atom is -0.328 e. The van der Waals surface area contributed by atoms with Crippen LogP contribution in [-0.4, -0.2) is 37.0 Å². The van der Waals surface area contributed by atoms with Gasteiger partial charge in [0.2, 0.25) is 0 Å². The van der Waals surface area contributed by atoms with Crippen LogP contribution in [0.1, 0.15) is 64.7 Å². The lowest BCUT2D eigenvalue weighted by Crippen LogP contribution is -2.41. The zero-order valence-electron chi connectivity index (χ0n) is 12.3. The Morgan fingerprint density at radius 2 is 1.18 bits per heavy atom. The number of hydrogen-bond donors (Lipinski definition) is 0. The normalized spacial score (nSPS) is 12.0. The third-order valence-electron chi connectivity index (χ3n) is 3.51. The van der Waals surface area contributed by atoms with E-state index in [0.717, 1.165) is 5.33 Å². The lowest BCUT2D eigenvalue weighted by atomic mass is 10.1. The lowest BCUT2D eigenvalue weighted by Gasteiger charge is -2.29. The van der Waals surface area contributed by atoms with Crippen molar-refractivity contribution in [3.05, 3.63) is 0 Å². The molecule has 0 radical (unpaired) electrons. The monoisotopic (exact) mass is 306 g/mol. The molecule has 0 N–H and O–H groups in total. The molecule has 0 fully saturated rings. The van der Waals surface area contributed by atoms with Crippen LogP contribution in [0.25, 0.3) is 0 Å². The molecule has 0 aromatic carbocycles. The van der Waals surface area contributed by atoms with Gasteiger partial charge in [-0.3, -0.25) is 0 Å². The summed E-state index contributed by atoms with van der Waals surface area (Å²) in [6, 6.07) is 0. The molecule has 2 heteroatoms. The Kier molecular flexibility index (Phi) is 11.8. The highest BCUT2D eigenvalue weighted by Crippen LogP contribution is 2.10. The van der Waals surface area contributed by atoms with E-state index in [1.807, 2.05) is 0 Å². The Hall–Kier alpha value is 0.440. The van der Waals surface area contributed by atoms with Crippen LogP contribution < -0.4 is 0 Å². The van der Waals surface area contributed by atoms with Crippen LogP contribution in [0.2, 0.25) is 0 Å². The summed E-state index contributed by atoms with van der Waals surface area (Å²) in [5.74, 6) is 0. The summed E-state index contributed by atoms with van der Waals surface area (Å²) in [7, 11) is 4.73. The van der Waals surface area contributed by atoms with Gasteiger partial charge < -0.3 is 4.48 Å². The van der Waals surface area contributed by atoms with Crippen LogP contribution in [0.5, 0.6) is 0 Å². The highest BCUT2D eigenvalue weighted by Gasteiger charge is 2.12. The second-order valence-electron chi connectivity index (χ2n) is 5.90. The van der Waals surface area contributed by atoms with Gasteiger partial charge in [-0.1, -0.05) is 61.4 Å². The first-order valence-electron chi connectivity index (χ1n) is 7.50. The van der Waals surface area contributed by atoms with Gasteiger partial charge >= 0.3 is 0 Å². The molecule has 0 aliphatic carbocycles. The highest BCUT2D eigenvalue weighted by atomic mass is 79.9. The van der Waals surface area contributed by atoms with Crippen LogP contribution in [0.15, 0.2) is 0 Å². The third-order valence-corrected chi connectivity index (χ3v) is 4.07. The number of hydrogen-bond acceptors (Lipinski definition) is 0. The molecule has 0 rings (SSSR count). The second kappa shape index (κ2) is 11.5. The Bertz CT molecular complexity index is 157. The maximum Gasteiger partial charge on any atom is 0.0790 e. The summed E-state index contributed by atoms with van der Waals surface area (Å²) in [4.78, 5) is 0. The minimum atomic E-state index is 1.14. The van der Waals surface area contributed by atoms with E-state index in [4.69, 9.17) is 0 Å². The average molecular weight is 307 g/mol. The van der Waals surface area contributed by atoms with Gasteiger partial charge in [0.25, 0.3) is 0 Å². The number of rotatable bonds is 12. The van der Waals surface area contributed by atoms with E-state index in [9.17, 15) is 0 Å². The van der Waals surface area contributed by atoms with E-state index in [1.165, 1.54) is 75.4 Å². The van der Waals surface area contributed by atoms with Gasteiger partial charge in [-0.25, -0.2) is 0 Å². The van der Waals surface area contributed by atoms with Crippen LogP contribution >= 0.6 is 15.9 Å². The molecule has 104 valence electrons. The fourth-order valence-corrected chi connectivity index (χ4v) is 2.52. The zero-order chi connectivity index (χ0) is 13.0. The van der Waals surface area contributed by atoms with E-state index in [1.54, 1.807) is 0 Å². The van der Waals surface area contributed by atoms with E-state index in [-0.39, 0.29) is 0 Å². The smallest absolute Gasteiger partial charge is 0.0790 e. The fourth-order valence-electron chi connectivity index (χ4n) is 2.27. The van der Waals surface area contributed by atoms with Gasteiger partial charge in [-0.15, -0.1) is 0 Å². The maximum atomic E-state index is 3.51. The Balaban J connectivity index is 3.26. The van der Waals surface area contributed by atoms with E-state index in [0.29, 0.717) is 0 Å². The molecule has 0 saturated heterocycles. The van der Waals surface area contributed by atoms with E-state index in [2.05, 4.69) is 36.9 Å². The molecular formula is C15H33BrN+. The molecule has 0 aliphatic heterocycles. The molecule has 0 spiro atoms. The molecule has 0 atom stereocenters. The standard InChI is InChI=1S/C15H33BrN/c1-4-5-6-7-8-9-10-11-14-17(2,3)15-12-13-16/h4-15H2,1-3H3/q+1. The molecule has 0 unspecified atom stereocenters. The predicted molar refractivity (Wildman–Crippen MR) is 82.9 cm³/mol. The number of unbranched alkanes of at least 4 members (excludes halogenated alkanes) is 7. The predicted octanol–water partition coefficient (Wildman–Crippen LogP) is 4.99. The Morgan fingerprint density at radius 1 is 0.706 bits per heavy atom. The fraction of sp³-hybridized carbons (Fsp3) is 1.00. The SMILES string of the molecule is CCCCCCCCCC[N+](C)(C)CCCBr. The largest absolute Gasteiger partial charge is 0.328 e. The van der Waals surface area contributed by atoms with Crippen molar-refractivity contribution in [3.8, 4) is 0 Å². The van der Waals surface area contributed by atoms with Crippen LogP contribution in [0, 0.1) is 0 Å². The van der Waals surface area contributed by atoms with Gasteiger partial charge in [0.05, 0.1) is 27.2 Å². The van der Waals surface area contributed by atoms with Gasteiger partial charge in [-0.2, -0.15) is 0 Å². The van der Waals surface area contributed by atoms with Crippen LogP contribution in [-0.2, 0) is 0 Å². The number of quaternary nitrogens is 1. The first-order chi connectivity index (χ1) is 8.12. The van der Waals surface area contributed by atoms with Crippen molar-refractivity contribution in [2.75, 3.05) is 32.5 Å². The van der Waals surface area contributed by atoms with Crippen LogP contribution in [0.3, 0.4) is 0 Å². The first kappa shape index (κ1) is 17.4. The molecule has 0 aromatic heterocycles. The first-order valence-corrected chi connectivity index (χ1v) is 8.62. The van der Waals surface area contributed by atoms with Crippen molar-refractivity contribution in [1.82, 2.24) is 0 Å². The topological polar surface area (TPSA) is 0 Å². The Morgan fingerprint density at radius 3 is 1.71 bits per heavy atom. The number of halogens is 1. The van der Waals surface area contributed by atoms with Crippen molar-refractivity contribution < 1.29 is 4.48 Å². The van der Waals surface area contributed by atoms with Gasteiger partial charge in [0.15, 0.2) is 0 Å². The second-order valence-corrected chi connectivity index (χ2v) is 6.69. The summed E-state index contributed by atoms with van der Waals surface area (Å²) < 4.78 is 1.20. The van der Waals surface area contributed by atoms with Gasteiger partial charge in [0.1, 0.15) is 0 Å². The quantitative estimate of drug-likeness (QED) is 0.271. The maximum absolute atomic E-state index is 3.51. The summed E-state index contributed by atoms with van der Waals surface area (Å²) in [6.07, 6.45) is 12.7. The van der Waals surface area contributed by atoms with Gasteiger partial charge in [0, 0.05) is 11.8 Å². The molecule has 0 saturated carbocycles. The van der Waals surface area contributed by atoms with Crippen molar-refractivity contribution >= 4 is 15.9 Å². The number of nitrogens with zero attached hydrogens (tertiary/aromatic N) is 1. The van der Waals surface area contributed by atoms with Crippen molar-refractivity contribution in [1.29, 1.82) is 0 Å². The summed E-state index contributed by atoms with van der Waals surface area (Å²) in [5.41, 5.74) is 0. The zero-order valence-corrected chi connectivity index (χ0v) is 13.9. The summed E-state index contributed by atoms with van der Waals surface area (Å²) >= 11 is 3.51. The summed E-state index contributed by atoms with van der Waals surface area (Å²) in [6.45, 7) is 4.94.